The third kappa shape index (κ3) is 7.72. The van der Waals surface area contributed by atoms with Crippen LogP contribution in [0.4, 0.5) is 10.1 Å². The molecule has 6 nitrogen and oxygen atoms in total. The maximum atomic E-state index is 13.5. The summed E-state index contributed by atoms with van der Waals surface area (Å²) in [5.74, 6) is 0.375. The van der Waals surface area contributed by atoms with Crippen LogP contribution in [0.2, 0.25) is 0 Å². The molecular weight excluding hydrogens is 343 g/mol. The number of sulfonamides is 1. The van der Waals surface area contributed by atoms with Crippen LogP contribution >= 0.6 is 0 Å². The van der Waals surface area contributed by atoms with E-state index in [1.165, 1.54) is 18.2 Å². The van der Waals surface area contributed by atoms with Crippen LogP contribution in [-0.4, -0.2) is 39.3 Å². The van der Waals surface area contributed by atoms with Crippen LogP contribution < -0.4 is 15.4 Å². The lowest BCUT2D eigenvalue weighted by molar-refractivity contribution is 0.481. The molecule has 0 aromatic heterocycles. The molecule has 1 aromatic rings. The van der Waals surface area contributed by atoms with Crippen molar-refractivity contribution in [1.29, 1.82) is 0 Å². The van der Waals surface area contributed by atoms with E-state index in [1.54, 1.807) is 6.92 Å². The van der Waals surface area contributed by atoms with E-state index >= 15 is 0 Å². The number of nitrogens with one attached hydrogen (secondary N) is 3. The fraction of sp³-hybridized carbons (Fsp3) is 0.588. The highest BCUT2D eigenvalue weighted by molar-refractivity contribution is 7.92. The summed E-state index contributed by atoms with van der Waals surface area (Å²) in [5.41, 5.74) is 0.679. The molecule has 0 aliphatic rings. The van der Waals surface area contributed by atoms with E-state index in [4.69, 9.17) is 0 Å². The molecule has 0 spiro atoms. The molecule has 0 saturated carbocycles. The molecule has 0 heterocycles. The lowest BCUT2D eigenvalue weighted by Gasteiger charge is -2.20. The van der Waals surface area contributed by atoms with Crippen molar-refractivity contribution in [2.24, 2.45) is 10.9 Å². The molecule has 0 saturated heterocycles. The highest BCUT2D eigenvalue weighted by Gasteiger charge is 2.12. The van der Waals surface area contributed by atoms with Crippen LogP contribution in [0.1, 0.15) is 33.3 Å². The summed E-state index contributed by atoms with van der Waals surface area (Å²) in [6, 6.07) is 4.45. The minimum Gasteiger partial charge on any atom is -0.357 e. The SMILES string of the molecule is CCNC(=NCCS(=O)(=O)Nc1ccc(C)c(F)c1)NC(C)C(C)C. The van der Waals surface area contributed by atoms with Gasteiger partial charge in [0.1, 0.15) is 5.82 Å². The summed E-state index contributed by atoms with van der Waals surface area (Å²) in [4.78, 5) is 4.30. The van der Waals surface area contributed by atoms with Crippen molar-refractivity contribution in [3.63, 3.8) is 0 Å². The summed E-state index contributed by atoms with van der Waals surface area (Å²) >= 11 is 0. The molecule has 0 amide bonds. The van der Waals surface area contributed by atoms with E-state index in [9.17, 15) is 12.8 Å². The van der Waals surface area contributed by atoms with E-state index in [-0.39, 0.29) is 24.0 Å². The van der Waals surface area contributed by atoms with Gasteiger partial charge in [-0.15, -0.1) is 0 Å². The van der Waals surface area contributed by atoms with Crippen LogP contribution in [0.15, 0.2) is 23.2 Å². The van der Waals surface area contributed by atoms with Crippen molar-refractivity contribution in [1.82, 2.24) is 10.6 Å². The number of anilines is 1. The van der Waals surface area contributed by atoms with Crippen molar-refractivity contribution >= 4 is 21.7 Å². The predicted octanol–water partition coefficient (Wildman–Crippen LogP) is 2.48. The summed E-state index contributed by atoms with van der Waals surface area (Å²) in [5, 5.41) is 6.33. The lowest BCUT2D eigenvalue weighted by atomic mass is 10.1. The Kier molecular flexibility index (Phi) is 8.15. The smallest absolute Gasteiger partial charge is 0.234 e. The Morgan fingerprint density at radius 3 is 2.52 bits per heavy atom. The molecule has 0 bridgehead atoms. The van der Waals surface area contributed by atoms with Gasteiger partial charge in [0.15, 0.2) is 5.96 Å². The number of hydrogen-bond acceptors (Lipinski definition) is 3. The predicted molar refractivity (Wildman–Crippen MR) is 102 cm³/mol. The van der Waals surface area contributed by atoms with Crippen LogP contribution in [0.3, 0.4) is 0 Å². The zero-order valence-corrected chi connectivity index (χ0v) is 16.4. The fourth-order valence-corrected chi connectivity index (χ4v) is 2.79. The second-order valence-electron chi connectivity index (χ2n) is 6.32. The van der Waals surface area contributed by atoms with Gasteiger partial charge in [0.25, 0.3) is 0 Å². The summed E-state index contributed by atoms with van der Waals surface area (Å²) in [6.45, 7) is 10.6. The van der Waals surface area contributed by atoms with Gasteiger partial charge in [-0.1, -0.05) is 19.9 Å². The molecular formula is C17H29FN4O2S. The molecule has 8 heteroatoms. The van der Waals surface area contributed by atoms with Crippen molar-refractivity contribution in [3.8, 4) is 0 Å². The van der Waals surface area contributed by atoms with Gasteiger partial charge in [0.2, 0.25) is 10.0 Å². The third-order valence-electron chi connectivity index (χ3n) is 3.78. The maximum Gasteiger partial charge on any atom is 0.234 e. The van der Waals surface area contributed by atoms with E-state index in [1.807, 2.05) is 13.8 Å². The quantitative estimate of drug-likeness (QED) is 0.484. The standard InChI is InChI=1S/C17H29FN4O2S/c1-6-19-17(21-14(5)12(2)3)20-9-10-25(23,24)22-15-8-7-13(4)16(18)11-15/h7-8,11-12,14,22H,6,9-10H2,1-5H3,(H2,19,20,21). The fourth-order valence-electron chi connectivity index (χ4n) is 1.87. The van der Waals surface area contributed by atoms with Crippen molar-refractivity contribution in [2.45, 2.75) is 40.7 Å². The molecule has 0 aliphatic heterocycles. The van der Waals surface area contributed by atoms with Crippen LogP contribution in [0.25, 0.3) is 0 Å². The van der Waals surface area contributed by atoms with Crippen molar-refractivity contribution < 1.29 is 12.8 Å². The molecule has 3 N–H and O–H groups in total. The number of guanidine groups is 1. The minimum atomic E-state index is -3.60. The largest absolute Gasteiger partial charge is 0.357 e. The molecule has 0 aliphatic carbocycles. The van der Waals surface area contributed by atoms with E-state index in [0.717, 1.165) is 0 Å². The Balaban J connectivity index is 2.67. The third-order valence-corrected chi connectivity index (χ3v) is 5.05. The van der Waals surface area contributed by atoms with Crippen LogP contribution in [0, 0.1) is 18.7 Å². The summed E-state index contributed by atoms with van der Waals surface area (Å²) in [6.07, 6.45) is 0. The Morgan fingerprint density at radius 1 is 1.28 bits per heavy atom. The number of nitrogens with zero attached hydrogens (tertiary/aromatic N) is 1. The molecule has 0 radical (unpaired) electrons. The average molecular weight is 373 g/mol. The monoisotopic (exact) mass is 372 g/mol. The first-order valence-corrected chi connectivity index (χ1v) is 10.1. The Morgan fingerprint density at radius 2 is 1.96 bits per heavy atom. The van der Waals surface area contributed by atoms with Gasteiger partial charge in [-0.3, -0.25) is 9.71 Å². The molecule has 0 fully saturated rings. The van der Waals surface area contributed by atoms with Gasteiger partial charge in [-0.2, -0.15) is 0 Å². The highest BCUT2D eigenvalue weighted by Crippen LogP contribution is 2.14. The van der Waals surface area contributed by atoms with Gasteiger partial charge < -0.3 is 10.6 Å². The molecule has 1 atom stereocenters. The zero-order chi connectivity index (χ0) is 19.0. The first kappa shape index (κ1) is 21.2. The molecule has 142 valence electrons. The van der Waals surface area contributed by atoms with Gasteiger partial charge in [-0.25, -0.2) is 12.8 Å². The number of aliphatic imine (C=N–C) groups is 1. The first-order chi connectivity index (χ1) is 11.6. The van der Waals surface area contributed by atoms with Gasteiger partial charge in [-0.05, 0) is 44.4 Å². The first-order valence-electron chi connectivity index (χ1n) is 8.46. The molecule has 1 unspecified atom stereocenters. The van der Waals surface area contributed by atoms with E-state index in [0.29, 0.717) is 24.0 Å². The number of benzene rings is 1. The van der Waals surface area contributed by atoms with Crippen molar-refractivity contribution in [3.05, 3.63) is 29.6 Å². The second-order valence-corrected chi connectivity index (χ2v) is 8.16. The Labute approximate surface area is 150 Å². The topological polar surface area (TPSA) is 82.6 Å². The normalized spacial score (nSPS) is 13.6. The zero-order valence-electron chi connectivity index (χ0n) is 15.6. The van der Waals surface area contributed by atoms with Gasteiger partial charge in [0, 0.05) is 12.6 Å². The van der Waals surface area contributed by atoms with E-state index < -0.39 is 15.8 Å². The van der Waals surface area contributed by atoms with E-state index in [2.05, 4.69) is 34.2 Å². The van der Waals surface area contributed by atoms with Crippen LogP contribution in [0.5, 0.6) is 0 Å². The number of hydrogen-bond donors (Lipinski definition) is 3. The summed E-state index contributed by atoms with van der Waals surface area (Å²) < 4.78 is 40.1. The number of rotatable bonds is 8. The molecule has 1 rings (SSSR count). The van der Waals surface area contributed by atoms with Gasteiger partial charge >= 0.3 is 0 Å². The second kappa shape index (κ2) is 9.60. The summed E-state index contributed by atoms with van der Waals surface area (Å²) in [7, 11) is -3.60. The highest BCUT2D eigenvalue weighted by atomic mass is 32.2. The Bertz CT molecular complexity index is 690. The molecule has 1 aromatic carbocycles. The lowest BCUT2D eigenvalue weighted by Crippen LogP contribution is -2.44. The Hall–Kier alpha value is -1.83. The minimum absolute atomic E-state index is 0.101. The van der Waals surface area contributed by atoms with Crippen molar-refractivity contribution in [2.75, 3.05) is 23.6 Å². The average Bonchev–Trinajstić information content (AvgIpc) is 2.50. The van der Waals surface area contributed by atoms with Crippen LogP contribution in [-0.2, 0) is 10.0 Å². The molecule has 25 heavy (non-hydrogen) atoms. The van der Waals surface area contributed by atoms with Gasteiger partial charge in [0.05, 0.1) is 18.0 Å². The number of halogens is 1. The number of aryl methyl sites for hydroxylation is 1. The maximum absolute atomic E-state index is 13.5.